The van der Waals surface area contributed by atoms with Gasteiger partial charge in [-0.2, -0.15) is 4.31 Å². The molecule has 5 nitrogen and oxygen atoms in total. The molecule has 0 amide bonds. The maximum absolute atomic E-state index is 12.7. The maximum Gasteiger partial charge on any atom is 0.243 e. The Labute approximate surface area is 160 Å². The van der Waals surface area contributed by atoms with Crippen LogP contribution in [0, 0.1) is 0 Å². The lowest BCUT2D eigenvalue weighted by Crippen LogP contribution is -2.48. The number of hydrogen-bond donors (Lipinski definition) is 0. The highest BCUT2D eigenvalue weighted by molar-refractivity contribution is 7.89. The molecule has 2 aromatic rings. The molecule has 3 rings (SSSR count). The van der Waals surface area contributed by atoms with Crippen molar-refractivity contribution < 1.29 is 13.2 Å². The summed E-state index contributed by atoms with van der Waals surface area (Å²) in [6, 6.07) is 14.5. The molecule has 0 N–H and O–H groups in total. The van der Waals surface area contributed by atoms with E-state index in [1.165, 1.54) is 11.6 Å². The number of ether oxygens (including phenoxy) is 1. The van der Waals surface area contributed by atoms with Crippen LogP contribution in [0.1, 0.15) is 5.56 Å². The lowest BCUT2D eigenvalue weighted by molar-refractivity contribution is 0.190. The summed E-state index contributed by atoms with van der Waals surface area (Å²) in [6.07, 6.45) is 0.936. The van der Waals surface area contributed by atoms with Crippen molar-refractivity contribution in [2.24, 2.45) is 0 Å². The minimum absolute atomic E-state index is 0.261. The molecule has 1 fully saturated rings. The predicted octanol–water partition coefficient (Wildman–Crippen LogP) is 2.90. The molecular formula is C19H23ClN2O3S. The van der Waals surface area contributed by atoms with Crippen molar-refractivity contribution in [3.63, 3.8) is 0 Å². The van der Waals surface area contributed by atoms with Crippen LogP contribution in [0.2, 0.25) is 5.02 Å². The molecule has 2 aromatic carbocycles. The summed E-state index contributed by atoms with van der Waals surface area (Å²) in [5, 5.41) is 0.434. The van der Waals surface area contributed by atoms with E-state index in [1.807, 2.05) is 12.1 Å². The highest BCUT2D eigenvalue weighted by Gasteiger charge is 2.28. The zero-order valence-electron chi connectivity index (χ0n) is 14.8. The van der Waals surface area contributed by atoms with Crippen molar-refractivity contribution in [1.29, 1.82) is 0 Å². The molecule has 0 atom stereocenters. The number of methoxy groups -OCH3 is 1. The van der Waals surface area contributed by atoms with Gasteiger partial charge in [-0.3, -0.25) is 0 Å². The van der Waals surface area contributed by atoms with E-state index in [1.54, 1.807) is 29.6 Å². The van der Waals surface area contributed by atoms with Gasteiger partial charge in [0.25, 0.3) is 0 Å². The average molecular weight is 395 g/mol. The Balaban J connectivity index is 1.53. The molecule has 1 saturated heterocycles. The summed E-state index contributed by atoms with van der Waals surface area (Å²) in [5.41, 5.74) is 1.25. The Bertz CT molecular complexity index is 832. The van der Waals surface area contributed by atoms with Gasteiger partial charge in [0.05, 0.1) is 12.0 Å². The van der Waals surface area contributed by atoms with Gasteiger partial charge in [-0.1, -0.05) is 29.8 Å². The molecule has 0 radical (unpaired) electrons. The first-order valence-electron chi connectivity index (χ1n) is 8.60. The number of rotatable bonds is 6. The van der Waals surface area contributed by atoms with Gasteiger partial charge in [-0.25, -0.2) is 8.42 Å². The van der Waals surface area contributed by atoms with Crippen molar-refractivity contribution in [3.05, 3.63) is 59.1 Å². The van der Waals surface area contributed by atoms with Crippen LogP contribution in [-0.2, 0) is 16.4 Å². The molecular weight excluding hydrogens is 372 g/mol. The van der Waals surface area contributed by atoms with E-state index >= 15 is 0 Å². The quantitative estimate of drug-likeness (QED) is 0.755. The van der Waals surface area contributed by atoms with E-state index in [9.17, 15) is 8.42 Å². The van der Waals surface area contributed by atoms with Crippen LogP contribution < -0.4 is 4.74 Å². The standard InChI is InChI=1S/C19H23ClN2O3S/c1-25-18-7-5-16(6-8-18)9-10-21-11-13-22(14-12-21)26(23,24)19-4-2-3-17(20)15-19/h2-8,15H,9-14H2,1H3. The molecule has 0 spiro atoms. The van der Waals surface area contributed by atoms with Crippen molar-refractivity contribution in [2.45, 2.75) is 11.3 Å². The Morgan fingerprint density at radius 3 is 2.35 bits per heavy atom. The smallest absolute Gasteiger partial charge is 0.243 e. The summed E-state index contributed by atoms with van der Waals surface area (Å²) >= 11 is 5.93. The summed E-state index contributed by atoms with van der Waals surface area (Å²) in [6.45, 7) is 3.37. The van der Waals surface area contributed by atoms with Gasteiger partial charge < -0.3 is 9.64 Å². The minimum Gasteiger partial charge on any atom is -0.497 e. The normalized spacial score (nSPS) is 16.5. The van der Waals surface area contributed by atoms with Gasteiger partial charge in [-0.15, -0.1) is 0 Å². The number of halogens is 1. The molecule has 0 aliphatic carbocycles. The lowest BCUT2D eigenvalue weighted by atomic mass is 10.1. The highest BCUT2D eigenvalue weighted by atomic mass is 35.5. The van der Waals surface area contributed by atoms with Crippen molar-refractivity contribution in [1.82, 2.24) is 9.21 Å². The largest absolute Gasteiger partial charge is 0.497 e. The predicted molar refractivity (Wildman–Crippen MR) is 103 cm³/mol. The first kappa shape index (κ1) is 19.2. The highest BCUT2D eigenvalue weighted by Crippen LogP contribution is 2.21. The third-order valence-electron chi connectivity index (χ3n) is 4.64. The molecule has 1 aliphatic heterocycles. The molecule has 0 bridgehead atoms. The van der Waals surface area contributed by atoms with Crippen LogP contribution in [0.4, 0.5) is 0 Å². The number of hydrogen-bond acceptors (Lipinski definition) is 4. The van der Waals surface area contributed by atoms with E-state index in [0.717, 1.165) is 31.8 Å². The molecule has 1 aliphatic rings. The Hall–Kier alpha value is -1.60. The van der Waals surface area contributed by atoms with Gasteiger partial charge in [0, 0.05) is 37.7 Å². The second kappa shape index (κ2) is 8.39. The fourth-order valence-corrected chi connectivity index (χ4v) is 4.77. The SMILES string of the molecule is COc1ccc(CCN2CCN(S(=O)(=O)c3cccc(Cl)c3)CC2)cc1. The fraction of sp³-hybridized carbons (Fsp3) is 0.368. The van der Waals surface area contributed by atoms with Crippen molar-refractivity contribution >= 4 is 21.6 Å². The second-order valence-electron chi connectivity index (χ2n) is 6.30. The van der Waals surface area contributed by atoms with Crippen LogP contribution in [0.3, 0.4) is 0 Å². The van der Waals surface area contributed by atoms with Crippen molar-refractivity contribution in [2.75, 3.05) is 39.8 Å². The first-order chi connectivity index (χ1) is 12.5. The molecule has 0 aromatic heterocycles. The molecule has 1 heterocycles. The van der Waals surface area contributed by atoms with Crippen LogP contribution >= 0.6 is 11.6 Å². The fourth-order valence-electron chi connectivity index (χ4n) is 3.05. The number of piperazine rings is 1. The summed E-state index contributed by atoms with van der Waals surface area (Å²) in [7, 11) is -1.82. The molecule has 140 valence electrons. The summed E-state index contributed by atoms with van der Waals surface area (Å²) < 4.78 is 32.2. The lowest BCUT2D eigenvalue weighted by Gasteiger charge is -2.34. The van der Waals surface area contributed by atoms with Gasteiger partial charge in [0.15, 0.2) is 0 Å². The van der Waals surface area contributed by atoms with Crippen LogP contribution in [0.5, 0.6) is 5.75 Å². The maximum atomic E-state index is 12.7. The molecule has 0 saturated carbocycles. The van der Waals surface area contributed by atoms with E-state index in [0.29, 0.717) is 18.1 Å². The number of sulfonamides is 1. The monoisotopic (exact) mass is 394 g/mol. The van der Waals surface area contributed by atoms with Crippen LogP contribution in [0.25, 0.3) is 0 Å². The minimum atomic E-state index is -3.47. The van der Waals surface area contributed by atoms with Crippen LogP contribution in [-0.4, -0.2) is 57.5 Å². The van der Waals surface area contributed by atoms with Gasteiger partial charge in [0.1, 0.15) is 5.75 Å². The average Bonchev–Trinajstić information content (AvgIpc) is 2.67. The second-order valence-corrected chi connectivity index (χ2v) is 8.68. The Morgan fingerprint density at radius 1 is 1.04 bits per heavy atom. The van der Waals surface area contributed by atoms with E-state index < -0.39 is 10.0 Å². The first-order valence-corrected chi connectivity index (χ1v) is 10.4. The zero-order valence-corrected chi connectivity index (χ0v) is 16.3. The zero-order chi connectivity index (χ0) is 18.6. The third-order valence-corrected chi connectivity index (χ3v) is 6.77. The van der Waals surface area contributed by atoms with Gasteiger partial charge >= 0.3 is 0 Å². The Morgan fingerprint density at radius 2 is 1.73 bits per heavy atom. The molecule has 0 unspecified atom stereocenters. The topological polar surface area (TPSA) is 49.9 Å². The number of benzene rings is 2. The summed E-state index contributed by atoms with van der Waals surface area (Å²) in [4.78, 5) is 2.56. The van der Waals surface area contributed by atoms with E-state index in [4.69, 9.17) is 16.3 Å². The molecule has 26 heavy (non-hydrogen) atoms. The van der Waals surface area contributed by atoms with Crippen molar-refractivity contribution in [3.8, 4) is 5.75 Å². The Kier molecular flexibility index (Phi) is 6.19. The van der Waals surface area contributed by atoms with Crippen LogP contribution in [0.15, 0.2) is 53.4 Å². The van der Waals surface area contributed by atoms with Gasteiger partial charge in [0.2, 0.25) is 10.0 Å². The molecule has 7 heteroatoms. The third kappa shape index (κ3) is 4.57. The van der Waals surface area contributed by atoms with E-state index in [-0.39, 0.29) is 4.90 Å². The summed E-state index contributed by atoms with van der Waals surface area (Å²) in [5.74, 6) is 0.855. The van der Waals surface area contributed by atoms with E-state index in [2.05, 4.69) is 17.0 Å². The number of nitrogens with zero attached hydrogens (tertiary/aromatic N) is 2. The van der Waals surface area contributed by atoms with Gasteiger partial charge in [-0.05, 0) is 42.3 Å².